The van der Waals surface area contributed by atoms with Crippen LogP contribution in [0.15, 0.2) is 45.7 Å². The second kappa shape index (κ2) is 8.02. The van der Waals surface area contributed by atoms with Crippen LogP contribution in [0.25, 0.3) is 20.7 Å². The van der Waals surface area contributed by atoms with Crippen molar-refractivity contribution in [1.29, 1.82) is 0 Å². The lowest BCUT2D eigenvalue weighted by atomic mass is 10.1. The molecular formula is C20H17N3O3S3. The molecule has 0 aliphatic rings. The third-order valence-electron chi connectivity index (χ3n) is 4.25. The number of amides is 1. The molecule has 0 bridgehead atoms. The number of thiophene rings is 2. The fraction of sp³-hybridized carbons (Fsp3) is 0.150. The van der Waals surface area contributed by atoms with Crippen LogP contribution in [0.3, 0.4) is 0 Å². The van der Waals surface area contributed by atoms with E-state index in [0.717, 1.165) is 32.6 Å². The van der Waals surface area contributed by atoms with E-state index in [4.69, 9.17) is 0 Å². The monoisotopic (exact) mass is 443 g/mol. The first-order valence-corrected chi connectivity index (χ1v) is 11.4. The lowest BCUT2D eigenvalue weighted by Crippen LogP contribution is -2.15. The number of aromatic nitrogens is 2. The number of rotatable bonds is 5. The number of thioether (sulfide) groups is 1. The van der Waals surface area contributed by atoms with Crippen molar-refractivity contribution in [3.8, 4) is 16.2 Å². The molecule has 0 fully saturated rings. The Hall–Kier alpha value is -2.62. The third kappa shape index (κ3) is 4.07. The highest BCUT2D eigenvalue weighted by atomic mass is 32.2. The van der Waals surface area contributed by atoms with Gasteiger partial charge in [-0.25, -0.2) is 4.98 Å². The second-order valence-electron chi connectivity index (χ2n) is 6.42. The number of anilines is 1. The van der Waals surface area contributed by atoms with Crippen molar-refractivity contribution in [3.05, 3.63) is 56.5 Å². The first kappa shape index (κ1) is 19.7. The number of nitrogens with one attached hydrogen (secondary N) is 2. The molecule has 0 saturated carbocycles. The smallest absolute Gasteiger partial charge is 0.260 e. The van der Waals surface area contributed by atoms with Gasteiger partial charge in [-0.15, -0.1) is 22.7 Å². The zero-order chi connectivity index (χ0) is 20.5. The molecule has 9 heteroatoms. The van der Waals surface area contributed by atoms with E-state index in [1.54, 1.807) is 23.5 Å². The summed E-state index contributed by atoms with van der Waals surface area (Å²) in [5.41, 5.74) is 2.01. The van der Waals surface area contributed by atoms with E-state index in [1.165, 1.54) is 17.4 Å². The van der Waals surface area contributed by atoms with Gasteiger partial charge in [0, 0.05) is 15.3 Å². The molecule has 148 valence electrons. The summed E-state index contributed by atoms with van der Waals surface area (Å²) in [6, 6.07) is 8.95. The number of carbonyl (C=O) groups excluding carboxylic acids is 1. The molecule has 1 aromatic carbocycles. The summed E-state index contributed by atoms with van der Waals surface area (Å²) in [7, 11) is 0. The minimum Gasteiger partial charge on any atom is -0.506 e. The predicted molar refractivity (Wildman–Crippen MR) is 120 cm³/mol. The van der Waals surface area contributed by atoms with E-state index in [9.17, 15) is 14.7 Å². The Bertz CT molecular complexity index is 1260. The molecule has 1 amide bonds. The van der Waals surface area contributed by atoms with E-state index in [0.29, 0.717) is 21.1 Å². The molecule has 4 rings (SSSR count). The summed E-state index contributed by atoms with van der Waals surface area (Å²) >= 11 is 4.21. The van der Waals surface area contributed by atoms with Gasteiger partial charge >= 0.3 is 0 Å². The standard InChI is InChI=1S/C20H17N3O3S3/c1-10-5-6-13(24)12(8-10)21-15(25)9-28-20-22-18(26)17-16(14-4-3-7-27-14)11(2)29-19(17)23-20/h3-8,24H,9H2,1-2H3,(H,21,25)(H,22,23,26). The average Bonchev–Trinajstić information content (AvgIpc) is 3.30. The van der Waals surface area contributed by atoms with Crippen LogP contribution >= 0.6 is 34.4 Å². The normalized spacial score (nSPS) is 11.1. The van der Waals surface area contributed by atoms with Crippen molar-refractivity contribution in [1.82, 2.24) is 9.97 Å². The predicted octanol–water partition coefficient (Wildman–Crippen LogP) is 4.77. The SMILES string of the molecule is Cc1ccc(O)c(NC(=O)CSc2nc3sc(C)c(-c4cccs4)c3c(=O)[nH]2)c1. The molecule has 3 heterocycles. The van der Waals surface area contributed by atoms with Crippen molar-refractivity contribution in [3.63, 3.8) is 0 Å². The van der Waals surface area contributed by atoms with Gasteiger partial charge in [-0.1, -0.05) is 23.9 Å². The number of carbonyl (C=O) groups is 1. The van der Waals surface area contributed by atoms with Crippen LogP contribution in [0.4, 0.5) is 5.69 Å². The minimum absolute atomic E-state index is 0.0112. The summed E-state index contributed by atoms with van der Waals surface area (Å²) in [5.74, 6) is -0.221. The van der Waals surface area contributed by atoms with E-state index >= 15 is 0 Å². The highest BCUT2D eigenvalue weighted by Gasteiger charge is 2.18. The van der Waals surface area contributed by atoms with Gasteiger partial charge < -0.3 is 15.4 Å². The van der Waals surface area contributed by atoms with Crippen LogP contribution in [0.1, 0.15) is 10.4 Å². The summed E-state index contributed by atoms with van der Waals surface area (Å²) in [6.07, 6.45) is 0. The van der Waals surface area contributed by atoms with Gasteiger partial charge in [0.05, 0.1) is 16.8 Å². The molecule has 0 aliphatic carbocycles. The number of aromatic amines is 1. The minimum atomic E-state index is -0.291. The van der Waals surface area contributed by atoms with Crippen molar-refractivity contribution in [2.24, 2.45) is 0 Å². The Balaban J connectivity index is 1.54. The van der Waals surface area contributed by atoms with Crippen LogP contribution < -0.4 is 10.9 Å². The molecule has 6 nitrogen and oxygen atoms in total. The maximum Gasteiger partial charge on any atom is 0.260 e. The average molecular weight is 444 g/mol. The lowest BCUT2D eigenvalue weighted by Gasteiger charge is -2.08. The number of H-pyrrole nitrogens is 1. The van der Waals surface area contributed by atoms with Crippen LogP contribution in [-0.4, -0.2) is 26.7 Å². The number of phenolic OH excluding ortho intramolecular Hbond substituents is 1. The number of aryl methyl sites for hydroxylation is 2. The van der Waals surface area contributed by atoms with Crippen molar-refractivity contribution < 1.29 is 9.90 Å². The van der Waals surface area contributed by atoms with Gasteiger partial charge in [0.1, 0.15) is 10.6 Å². The number of fused-ring (bicyclic) bond motifs is 1. The first-order valence-electron chi connectivity index (χ1n) is 8.72. The number of phenols is 1. The number of hydrogen-bond donors (Lipinski definition) is 3. The van der Waals surface area contributed by atoms with Gasteiger partial charge in [-0.05, 0) is 43.0 Å². The highest BCUT2D eigenvalue weighted by molar-refractivity contribution is 7.99. The topological polar surface area (TPSA) is 95.1 Å². The third-order valence-corrected chi connectivity index (χ3v) is 7.01. The molecular weight excluding hydrogens is 426 g/mol. The zero-order valence-electron chi connectivity index (χ0n) is 15.6. The number of hydrogen-bond acceptors (Lipinski definition) is 7. The van der Waals surface area contributed by atoms with Crippen molar-refractivity contribution in [2.75, 3.05) is 11.1 Å². The van der Waals surface area contributed by atoms with E-state index < -0.39 is 0 Å². The molecule has 0 atom stereocenters. The fourth-order valence-corrected chi connectivity index (χ4v) is 5.61. The number of benzene rings is 1. The summed E-state index contributed by atoms with van der Waals surface area (Å²) in [4.78, 5) is 35.0. The van der Waals surface area contributed by atoms with Gasteiger partial charge in [0.2, 0.25) is 5.91 Å². The Kier molecular flexibility index (Phi) is 5.44. The zero-order valence-corrected chi connectivity index (χ0v) is 18.1. The molecule has 0 unspecified atom stereocenters. The quantitative estimate of drug-likeness (QED) is 0.235. The number of nitrogens with zero attached hydrogens (tertiary/aromatic N) is 1. The second-order valence-corrected chi connectivity index (χ2v) is 9.53. The summed E-state index contributed by atoms with van der Waals surface area (Å²) < 4.78 is 0. The Morgan fingerprint density at radius 2 is 2.14 bits per heavy atom. The first-order chi connectivity index (χ1) is 13.9. The molecule has 3 aromatic heterocycles. The van der Waals surface area contributed by atoms with Gasteiger partial charge in [-0.3, -0.25) is 9.59 Å². The Morgan fingerprint density at radius 3 is 2.90 bits per heavy atom. The van der Waals surface area contributed by atoms with Crippen LogP contribution in [0.2, 0.25) is 0 Å². The molecule has 0 saturated heterocycles. The largest absolute Gasteiger partial charge is 0.506 e. The van der Waals surface area contributed by atoms with Gasteiger partial charge in [0.25, 0.3) is 5.56 Å². The Morgan fingerprint density at radius 1 is 1.31 bits per heavy atom. The number of aromatic hydroxyl groups is 1. The van der Waals surface area contributed by atoms with E-state index in [2.05, 4.69) is 15.3 Å². The fourth-order valence-electron chi connectivity index (χ4n) is 2.96. The van der Waals surface area contributed by atoms with Gasteiger partial charge in [0.15, 0.2) is 5.16 Å². The molecule has 0 spiro atoms. The maximum atomic E-state index is 12.7. The molecule has 4 aromatic rings. The molecule has 29 heavy (non-hydrogen) atoms. The van der Waals surface area contributed by atoms with Crippen LogP contribution in [0.5, 0.6) is 5.75 Å². The van der Waals surface area contributed by atoms with Crippen molar-refractivity contribution >= 4 is 56.2 Å². The van der Waals surface area contributed by atoms with Crippen molar-refractivity contribution in [2.45, 2.75) is 19.0 Å². The molecule has 3 N–H and O–H groups in total. The van der Waals surface area contributed by atoms with Gasteiger partial charge in [-0.2, -0.15) is 0 Å². The lowest BCUT2D eigenvalue weighted by molar-refractivity contribution is -0.113. The molecule has 0 radical (unpaired) electrons. The summed E-state index contributed by atoms with van der Waals surface area (Å²) in [6.45, 7) is 3.86. The highest BCUT2D eigenvalue weighted by Crippen LogP contribution is 2.38. The van der Waals surface area contributed by atoms with Crippen LogP contribution in [0, 0.1) is 13.8 Å². The summed E-state index contributed by atoms with van der Waals surface area (Å²) in [5, 5.41) is 15.5. The van der Waals surface area contributed by atoms with E-state index in [-0.39, 0.29) is 23.0 Å². The van der Waals surface area contributed by atoms with Crippen LogP contribution in [-0.2, 0) is 4.79 Å². The van der Waals surface area contributed by atoms with E-state index in [1.807, 2.05) is 31.4 Å². The maximum absolute atomic E-state index is 12.7. The Labute approximate surface area is 178 Å². The molecule has 0 aliphatic heterocycles.